The van der Waals surface area contributed by atoms with Crippen LogP contribution in [-0.4, -0.2) is 46.9 Å². The molecule has 0 spiro atoms. The monoisotopic (exact) mass is 384 g/mol. The van der Waals surface area contributed by atoms with Gasteiger partial charge in [-0.15, -0.1) is 0 Å². The molecule has 23 heavy (non-hydrogen) atoms. The van der Waals surface area contributed by atoms with Crippen molar-refractivity contribution in [1.29, 1.82) is 0 Å². The molecule has 0 radical (unpaired) electrons. The number of carboxylic acid groups (broad SMARTS) is 1. The molecule has 126 valence electrons. The smallest absolute Gasteiger partial charge is 0.305 e. The number of amides is 2. The molecule has 0 atom stereocenters. The van der Waals surface area contributed by atoms with Gasteiger partial charge in [0.15, 0.2) is 0 Å². The van der Waals surface area contributed by atoms with Gasteiger partial charge in [0.1, 0.15) is 0 Å². The van der Waals surface area contributed by atoms with E-state index in [0.29, 0.717) is 5.56 Å². The van der Waals surface area contributed by atoms with Crippen LogP contribution in [0.3, 0.4) is 0 Å². The number of aliphatic carboxylic acids is 1. The fourth-order valence-corrected chi connectivity index (χ4v) is 2.28. The molecule has 2 amide bonds. The Labute approximate surface area is 144 Å². The van der Waals surface area contributed by atoms with Crippen molar-refractivity contribution in [2.45, 2.75) is 32.7 Å². The number of nitrogens with zero attached hydrogens (tertiary/aromatic N) is 1. The zero-order valence-corrected chi connectivity index (χ0v) is 14.8. The Morgan fingerprint density at radius 2 is 1.78 bits per heavy atom. The van der Waals surface area contributed by atoms with Gasteiger partial charge in [-0.1, -0.05) is 15.9 Å². The molecule has 0 saturated carbocycles. The lowest BCUT2D eigenvalue weighted by Gasteiger charge is -2.26. The quantitative estimate of drug-likeness (QED) is 0.719. The zero-order valence-electron chi connectivity index (χ0n) is 13.2. The summed E-state index contributed by atoms with van der Waals surface area (Å²) in [4.78, 5) is 36.2. The van der Waals surface area contributed by atoms with Gasteiger partial charge < -0.3 is 15.3 Å². The van der Waals surface area contributed by atoms with Crippen LogP contribution in [-0.2, 0) is 9.59 Å². The summed E-state index contributed by atoms with van der Waals surface area (Å²) in [7, 11) is 0. The molecule has 7 heteroatoms. The number of nitrogens with one attached hydrogen (secondary N) is 1. The maximum absolute atomic E-state index is 12.1. The standard InChI is InChI=1S/C16H21BrN2O4/c1-11(2)19(10-8-15(21)22)14(20)7-9-18-16(23)12-3-5-13(17)6-4-12/h3-6,11H,7-10H2,1-2H3,(H,18,23)(H,21,22). The van der Waals surface area contributed by atoms with Crippen molar-refractivity contribution in [2.75, 3.05) is 13.1 Å². The second-order valence-electron chi connectivity index (χ2n) is 5.34. The number of benzene rings is 1. The van der Waals surface area contributed by atoms with E-state index in [-0.39, 0.29) is 43.8 Å². The van der Waals surface area contributed by atoms with Crippen LogP contribution in [0.4, 0.5) is 0 Å². The minimum Gasteiger partial charge on any atom is -0.481 e. The van der Waals surface area contributed by atoms with E-state index >= 15 is 0 Å². The average Bonchev–Trinajstić information content (AvgIpc) is 2.47. The largest absolute Gasteiger partial charge is 0.481 e. The predicted octanol–water partition coefficient (Wildman–Crippen LogP) is 2.28. The van der Waals surface area contributed by atoms with Crippen molar-refractivity contribution in [1.82, 2.24) is 10.2 Å². The fourth-order valence-electron chi connectivity index (χ4n) is 2.02. The highest BCUT2D eigenvalue weighted by atomic mass is 79.9. The van der Waals surface area contributed by atoms with Crippen LogP contribution in [0, 0.1) is 0 Å². The molecule has 6 nitrogen and oxygen atoms in total. The minimum atomic E-state index is -0.938. The van der Waals surface area contributed by atoms with Crippen LogP contribution in [0.15, 0.2) is 28.7 Å². The van der Waals surface area contributed by atoms with E-state index in [9.17, 15) is 14.4 Å². The first kappa shape index (κ1) is 19.2. The summed E-state index contributed by atoms with van der Waals surface area (Å²) in [5.41, 5.74) is 0.521. The molecule has 0 saturated heterocycles. The highest BCUT2D eigenvalue weighted by molar-refractivity contribution is 9.10. The molecule has 0 heterocycles. The predicted molar refractivity (Wildman–Crippen MR) is 90.2 cm³/mol. The molecule has 0 unspecified atom stereocenters. The van der Waals surface area contributed by atoms with Gasteiger partial charge in [-0.2, -0.15) is 0 Å². The molecule has 1 aromatic carbocycles. The second-order valence-corrected chi connectivity index (χ2v) is 6.25. The van der Waals surface area contributed by atoms with Crippen LogP contribution in [0.25, 0.3) is 0 Å². The lowest BCUT2D eigenvalue weighted by atomic mass is 10.2. The van der Waals surface area contributed by atoms with Gasteiger partial charge in [0.2, 0.25) is 5.91 Å². The Bertz CT molecular complexity index is 558. The number of hydrogen-bond donors (Lipinski definition) is 2. The molecule has 2 N–H and O–H groups in total. The molecule has 0 aliphatic rings. The summed E-state index contributed by atoms with van der Waals surface area (Å²) in [5, 5.41) is 11.4. The Morgan fingerprint density at radius 1 is 1.17 bits per heavy atom. The number of carboxylic acids is 1. The lowest BCUT2D eigenvalue weighted by molar-refractivity contribution is -0.139. The van der Waals surface area contributed by atoms with Gasteiger partial charge in [0, 0.05) is 35.6 Å². The molecule has 0 aliphatic heterocycles. The number of halogens is 1. The van der Waals surface area contributed by atoms with Crippen molar-refractivity contribution in [3.8, 4) is 0 Å². The number of carbonyl (C=O) groups excluding carboxylic acids is 2. The summed E-state index contributed by atoms with van der Waals surface area (Å²) in [6.45, 7) is 4.05. The topological polar surface area (TPSA) is 86.7 Å². The first-order valence-corrected chi connectivity index (χ1v) is 8.15. The first-order valence-electron chi connectivity index (χ1n) is 7.36. The van der Waals surface area contributed by atoms with E-state index in [1.165, 1.54) is 4.90 Å². The third kappa shape index (κ3) is 6.81. The average molecular weight is 385 g/mol. The normalized spacial score (nSPS) is 10.4. The summed E-state index contributed by atoms with van der Waals surface area (Å²) in [6, 6.07) is 6.84. The Kier molecular flexibility index (Phi) is 7.74. The van der Waals surface area contributed by atoms with Crippen molar-refractivity contribution in [3.63, 3.8) is 0 Å². The maximum atomic E-state index is 12.1. The lowest BCUT2D eigenvalue weighted by Crippen LogP contribution is -2.40. The van der Waals surface area contributed by atoms with Gasteiger partial charge in [-0.25, -0.2) is 0 Å². The van der Waals surface area contributed by atoms with Gasteiger partial charge in [-0.3, -0.25) is 14.4 Å². The van der Waals surface area contributed by atoms with Gasteiger partial charge in [0.05, 0.1) is 6.42 Å². The number of rotatable bonds is 8. The summed E-state index contributed by atoms with van der Waals surface area (Å²) >= 11 is 3.30. The molecule has 0 fully saturated rings. The third-order valence-electron chi connectivity index (χ3n) is 3.24. The van der Waals surface area contributed by atoms with Crippen molar-refractivity contribution < 1.29 is 19.5 Å². The Hall–Kier alpha value is -1.89. The van der Waals surface area contributed by atoms with Crippen LogP contribution in [0.2, 0.25) is 0 Å². The van der Waals surface area contributed by atoms with E-state index < -0.39 is 5.97 Å². The van der Waals surface area contributed by atoms with E-state index in [4.69, 9.17) is 5.11 Å². The van der Waals surface area contributed by atoms with Crippen LogP contribution >= 0.6 is 15.9 Å². The molecule has 0 aliphatic carbocycles. The van der Waals surface area contributed by atoms with E-state index in [2.05, 4.69) is 21.2 Å². The van der Waals surface area contributed by atoms with Crippen LogP contribution in [0.5, 0.6) is 0 Å². The first-order chi connectivity index (χ1) is 10.8. The third-order valence-corrected chi connectivity index (χ3v) is 3.77. The van der Waals surface area contributed by atoms with Gasteiger partial charge in [-0.05, 0) is 38.1 Å². The zero-order chi connectivity index (χ0) is 17.4. The van der Waals surface area contributed by atoms with E-state index in [1.807, 2.05) is 13.8 Å². The molecule has 1 aromatic rings. The van der Waals surface area contributed by atoms with Crippen molar-refractivity contribution in [3.05, 3.63) is 34.3 Å². The van der Waals surface area contributed by atoms with Crippen LogP contribution < -0.4 is 5.32 Å². The molecular formula is C16H21BrN2O4. The second kappa shape index (κ2) is 9.29. The van der Waals surface area contributed by atoms with Gasteiger partial charge >= 0.3 is 5.97 Å². The molecule has 0 bridgehead atoms. The van der Waals surface area contributed by atoms with E-state index in [1.54, 1.807) is 24.3 Å². The summed E-state index contributed by atoms with van der Waals surface area (Å²) in [5.74, 6) is -1.35. The fraction of sp³-hybridized carbons (Fsp3) is 0.438. The highest BCUT2D eigenvalue weighted by Gasteiger charge is 2.17. The number of hydrogen-bond acceptors (Lipinski definition) is 3. The number of carbonyl (C=O) groups is 3. The minimum absolute atomic E-state index is 0.0796. The van der Waals surface area contributed by atoms with E-state index in [0.717, 1.165) is 4.47 Å². The SMILES string of the molecule is CC(C)N(CCC(=O)O)C(=O)CCNC(=O)c1ccc(Br)cc1. The summed E-state index contributed by atoms with van der Waals surface area (Å²) < 4.78 is 0.884. The van der Waals surface area contributed by atoms with Crippen LogP contribution in [0.1, 0.15) is 37.0 Å². The van der Waals surface area contributed by atoms with Crippen molar-refractivity contribution >= 4 is 33.7 Å². The molecule has 0 aromatic heterocycles. The maximum Gasteiger partial charge on any atom is 0.305 e. The Balaban J connectivity index is 2.46. The molecule has 1 rings (SSSR count). The highest BCUT2D eigenvalue weighted by Crippen LogP contribution is 2.10. The Morgan fingerprint density at radius 3 is 2.30 bits per heavy atom. The van der Waals surface area contributed by atoms with Crippen molar-refractivity contribution in [2.24, 2.45) is 0 Å². The molecular weight excluding hydrogens is 364 g/mol. The summed E-state index contributed by atoms with van der Waals surface area (Å²) in [6.07, 6.45) is 0.0508. The van der Waals surface area contributed by atoms with Gasteiger partial charge in [0.25, 0.3) is 5.91 Å².